The van der Waals surface area contributed by atoms with Crippen LogP contribution in [0.4, 0.5) is 0 Å². The van der Waals surface area contributed by atoms with Gasteiger partial charge in [0.25, 0.3) is 0 Å². The Bertz CT molecular complexity index is 156. The first kappa shape index (κ1) is 11.4. The van der Waals surface area contributed by atoms with Crippen molar-refractivity contribution >= 4 is 0 Å². The Morgan fingerprint density at radius 3 is 2.60 bits per heavy atom. The highest BCUT2D eigenvalue weighted by molar-refractivity contribution is 4.73. The van der Waals surface area contributed by atoms with Crippen LogP contribution in [0.1, 0.15) is 51.4 Å². The van der Waals surface area contributed by atoms with Crippen LogP contribution in [-0.4, -0.2) is 37.1 Å². The van der Waals surface area contributed by atoms with E-state index in [0.29, 0.717) is 0 Å². The van der Waals surface area contributed by atoms with Gasteiger partial charge in [-0.25, -0.2) is 0 Å². The van der Waals surface area contributed by atoms with Crippen molar-refractivity contribution in [3.63, 3.8) is 0 Å². The molecule has 2 fully saturated rings. The standard InChI is InChI=1S/C13H26N2/c1-3-7-13(14-9-4-1)8-12-15-10-5-2-6-11-15/h13-14H,1-12H2. The van der Waals surface area contributed by atoms with Gasteiger partial charge in [0.1, 0.15) is 0 Å². The summed E-state index contributed by atoms with van der Waals surface area (Å²) in [7, 11) is 0. The van der Waals surface area contributed by atoms with Crippen LogP contribution in [0.15, 0.2) is 0 Å². The highest BCUT2D eigenvalue weighted by atomic mass is 15.1. The maximum Gasteiger partial charge on any atom is 0.00792 e. The topological polar surface area (TPSA) is 15.3 Å². The zero-order valence-electron chi connectivity index (χ0n) is 10.0. The summed E-state index contributed by atoms with van der Waals surface area (Å²) in [5.74, 6) is 0. The molecular formula is C13H26N2. The van der Waals surface area contributed by atoms with E-state index in [-0.39, 0.29) is 0 Å². The van der Waals surface area contributed by atoms with Crippen molar-refractivity contribution in [3.05, 3.63) is 0 Å². The smallest absolute Gasteiger partial charge is 0.00792 e. The minimum atomic E-state index is 0.814. The van der Waals surface area contributed by atoms with Crippen LogP contribution in [0, 0.1) is 0 Å². The van der Waals surface area contributed by atoms with Crippen molar-refractivity contribution in [1.82, 2.24) is 10.2 Å². The molecule has 0 aliphatic carbocycles. The number of rotatable bonds is 3. The Morgan fingerprint density at radius 2 is 1.73 bits per heavy atom. The molecule has 2 heterocycles. The van der Waals surface area contributed by atoms with E-state index in [1.54, 1.807) is 0 Å². The van der Waals surface area contributed by atoms with E-state index in [0.717, 1.165) is 6.04 Å². The van der Waals surface area contributed by atoms with E-state index in [4.69, 9.17) is 0 Å². The van der Waals surface area contributed by atoms with Crippen molar-refractivity contribution in [2.24, 2.45) is 0 Å². The molecule has 1 atom stereocenters. The van der Waals surface area contributed by atoms with Crippen LogP contribution < -0.4 is 5.32 Å². The fourth-order valence-electron chi connectivity index (χ4n) is 2.87. The van der Waals surface area contributed by atoms with E-state index in [1.165, 1.54) is 77.5 Å². The summed E-state index contributed by atoms with van der Waals surface area (Å²) in [6, 6.07) is 0.814. The van der Waals surface area contributed by atoms with Crippen molar-refractivity contribution in [2.45, 2.75) is 57.4 Å². The summed E-state index contributed by atoms with van der Waals surface area (Å²) in [5.41, 5.74) is 0. The Morgan fingerprint density at radius 1 is 0.933 bits per heavy atom. The van der Waals surface area contributed by atoms with Gasteiger partial charge in [0.15, 0.2) is 0 Å². The predicted molar refractivity (Wildman–Crippen MR) is 65.2 cm³/mol. The molecule has 0 bridgehead atoms. The average Bonchev–Trinajstić information content (AvgIpc) is 2.56. The summed E-state index contributed by atoms with van der Waals surface area (Å²) >= 11 is 0. The minimum Gasteiger partial charge on any atom is -0.314 e. The van der Waals surface area contributed by atoms with Gasteiger partial charge in [-0.15, -0.1) is 0 Å². The maximum absolute atomic E-state index is 3.69. The summed E-state index contributed by atoms with van der Waals surface area (Å²) in [6.45, 7) is 5.29. The van der Waals surface area contributed by atoms with Crippen LogP contribution in [-0.2, 0) is 0 Å². The van der Waals surface area contributed by atoms with Gasteiger partial charge in [0, 0.05) is 6.04 Å². The molecule has 2 nitrogen and oxygen atoms in total. The Labute approximate surface area is 94.4 Å². The molecule has 0 aromatic rings. The second-order valence-corrected chi connectivity index (χ2v) is 5.19. The average molecular weight is 210 g/mol. The summed E-state index contributed by atoms with van der Waals surface area (Å²) in [4.78, 5) is 2.66. The molecule has 0 aromatic carbocycles. The molecule has 88 valence electrons. The molecule has 1 unspecified atom stereocenters. The number of hydrogen-bond acceptors (Lipinski definition) is 2. The van der Waals surface area contributed by atoms with Gasteiger partial charge in [0.2, 0.25) is 0 Å². The zero-order valence-corrected chi connectivity index (χ0v) is 10.0. The van der Waals surface area contributed by atoms with E-state index < -0.39 is 0 Å². The van der Waals surface area contributed by atoms with Crippen LogP contribution in [0.3, 0.4) is 0 Å². The van der Waals surface area contributed by atoms with Gasteiger partial charge in [0.05, 0.1) is 0 Å². The molecule has 1 N–H and O–H groups in total. The lowest BCUT2D eigenvalue weighted by atomic mass is 10.1. The number of hydrogen-bond donors (Lipinski definition) is 1. The van der Waals surface area contributed by atoms with Gasteiger partial charge in [-0.05, 0) is 58.3 Å². The lowest BCUT2D eigenvalue weighted by Gasteiger charge is -2.28. The zero-order chi connectivity index (χ0) is 10.3. The molecule has 2 aliphatic heterocycles. The van der Waals surface area contributed by atoms with E-state index in [2.05, 4.69) is 10.2 Å². The summed E-state index contributed by atoms with van der Waals surface area (Å²) in [6.07, 6.45) is 11.4. The fourth-order valence-corrected chi connectivity index (χ4v) is 2.87. The van der Waals surface area contributed by atoms with Crippen molar-refractivity contribution in [1.29, 1.82) is 0 Å². The highest BCUT2D eigenvalue weighted by Crippen LogP contribution is 2.13. The molecule has 0 radical (unpaired) electrons. The second-order valence-electron chi connectivity index (χ2n) is 5.19. The number of piperidine rings is 1. The molecule has 2 aliphatic rings. The number of nitrogens with zero attached hydrogens (tertiary/aromatic N) is 1. The van der Waals surface area contributed by atoms with Gasteiger partial charge in [-0.3, -0.25) is 0 Å². The second kappa shape index (κ2) is 6.49. The van der Waals surface area contributed by atoms with Crippen molar-refractivity contribution < 1.29 is 0 Å². The number of nitrogens with one attached hydrogen (secondary N) is 1. The molecule has 2 saturated heterocycles. The molecular weight excluding hydrogens is 184 g/mol. The van der Waals surface area contributed by atoms with Crippen LogP contribution in [0.25, 0.3) is 0 Å². The normalized spacial score (nSPS) is 30.0. The molecule has 0 spiro atoms. The Kier molecular flexibility index (Phi) is 4.94. The number of likely N-dealkylation sites (tertiary alicyclic amines) is 1. The SMILES string of the molecule is C1CCNC(CCN2CCCCC2)CC1. The fraction of sp³-hybridized carbons (Fsp3) is 1.00. The predicted octanol–water partition coefficient (Wildman–Crippen LogP) is 2.39. The lowest BCUT2D eigenvalue weighted by Crippen LogP contribution is -2.36. The maximum atomic E-state index is 3.69. The van der Waals surface area contributed by atoms with E-state index >= 15 is 0 Å². The largest absolute Gasteiger partial charge is 0.314 e. The third kappa shape index (κ3) is 4.12. The lowest BCUT2D eigenvalue weighted by molar-refractivity contribution is 0.216. The Hall–Kier alpha value is -0.0800. The monoisotopic (exact) mass is 210 g/mol. The first-order valence-electron chi connectivity index (χ1n) is 6.91. The first-order valence-corrected chi connectivity index (χ1v) is 6.91. The summed E-state index contributed by atoms with van der Waals surface area (Å²) < 4.78 is 0. The molecule has 2 heteroatoms. The van der Waals surface area contributed by atoms with Crippen molar-refractivity contribution in [2.75, 3.05) is 26.2 Å². The van der Waals surface area contributed by atoms with E-state index in [1.807, 2.05) is 0 Å². The molecule has 0 saturated carbocycles. The first-order chi connectivity index (χ1) is 7.45. The molecule has 0 amide bonds. The van der Waals surface area contributed by atoms with Crippen molar-refractivity contribution in [3.8, 4) is 0 Å². The quantitative estimate of drug-likeness (QED) is 0.769. The van der Waals surface area contributed by atoms with Crippen LogP contribution in [0.2, 0.25) is 0 Å². The van der Waals surface area contributed by atoms with E-state index in [9.17, 15) is 0 Å². The van der Waals surface area contributed by atoms with Crippen LogP contribution in [0.5, 0.6) is 0 Å². The third-order valence-corrected chi connectivity index (χ3v) is 3.90. The van der Waals surface area contributed by atoms with Gasteiger partial charge < -0.3 is 10.2 Å². The minimum absolute atomic E-state index is 0.814. The molecule has 15 heavy (non-hydrogen) atoms. The van der Waals surface area contributed by atoms with Crippen LogP contribution >= 0.6 is 0 Å². The third-order valence-electron chi connectivity index (χ3n) is 3.90. The highest BCUT2D eigenvalue weighted by Gasteiger charge is 2.14. The van der Waals surface area contributed by atoms with Gasteiger partial charge in [-0.2, -0.15) is 0 Å². The molecule has 0 aromatic heterocycles. The van der Waals surface area contributed by atoms with Gasteiger partial charge in [-0.1, -0.05) is 19.3 Å². The Balaban J connectivity index is 1.62. The molecule has 2 rings (SSSR count). The van der Waals surface area contributed by atoms with Gasteiger partial charge >= 0.3 is 0 Å². The summed E-state index contributed by atoms with van der Waals surface area (Å²) in [5, 5.41) is 3.69.